The molecule has 1 rings (SSSR count). The summed E-state index contributed by atoms with van der Waals surface area (Å²) in [6, 6.07) is 2.95. The Balaban J connectivity index is 3.18. The van der Waals surface area contributed by atoms with Crippen molar-refractivity contribution in [2.24, 2.45) is 0 Å². The first-order chi connectivity index (χ1) is 9.71. The van der Waals surface area contributed by atoms with Gasteiger partial charge in [-0.05, 0) is 25.0 Å². The number of carbonyl (C=O) groups is 1. The monoisotopic (exact) mass is 306 g/mol. The van der Waals surface area contributed by atoms with Crippen LogP contribution in [0.5, 0.6) is 0 Å². The minimum atomic E-state index is -4.53. The second-order valence-corrected chi connectivity index (χ2v) is 4.72. The molecular formula is C14H18F4N2O. The van der Waals surface area contributed by atoms with E-state index in [-0.39, 0.29) is 5.56 Å². The van der Waals surface area contributed by atoms with Crippen molar-refractivity contribution in [2.75, 3.05) is 12.3 Å². The molecule has 3 nitrogen and oxygen atoms in total. The fraction of sp³-hybridized carbons (Fsp3) is 0.500. The van der Waals surface area contributed by atoms with Crippen LogP contribution >= 0.6 is 0 Å². The third kappa shape index (κ3) is 4.34. The summed E-state index contributed by atoms with van der Waals surface area (Å²) in [5.41, 5.74) is 4.79. The van der Waals surface area contributed by atoms with Crippen molar-refractivity contribution < 1.29 is 22.4 Å². The highest BCUT2D eigenvalue weighted by molar-refractivity contribution is 5.99. The smallest absolute Gasteiger partial charge is 0.396 e. The summed E-state index contributed by atoms with van der Waals surface area (Å²) < 4.78 is 51.5. The molecule has 7 heteroatoms. The number of hydrogen-bond acceptors (Lipinski definition) is 2. The number of para-hydroxylation sites is 1. The first-order valence-corrected chi connectivity index (χ1v) is 6.63. The van der Waals surface area contributed by atoms with Crippen LogP contribution in [0.4, 0.5) is 23.2 Å². The SMILES string of the molecule is CCC(CC)N(CC(F)(F)F)C(=O)c1cccc(F)c1N. The van der Waals surface area contributed by atoms with Crippen molar-refractivity contribution >= 4 is 11.6 Å². The summed E-state index contributed by atoms with van der Waals surface area (Å²) in [6.07, 6.45) is -3.79. The van der Waals surface area contributed by atoms with Crippen LogP contribution in [0.3, 0.4) is 0 Å². The van der Waals surface area contributed by atoms with Crippen LogP contribution in [-0.4, -0.2) is 29.6 Å². The van der Waals surface area contributed by atoms with Crippen molar-refractivity contribution in [3.05, 3.63) is 29.6 Å². The summed E-state index contributed by atoms with van der Waals surface area (Å²) in [4.78, 5) is 13.0. The molecule has 2 N–H and O–H groups in total. The zero-order valence-electron chi connectivity index (χ0n) is 11.9. The van der Waals surface area contributed by atoms with E-state index < -0.39 is 36.2 Å². The molecule has 21 heavy (non-hydrogen) atoms. The van der Waals surface area contributed by atoms with E-state index in [1.807, 2.05) is 0 Å². The molecule has 0 aromatic heterocycles. The first kappa shape index (κ1) is 17.3. The molecule has 0 heterocycles. The lowest BCUT2D eigenvalue weighted by atomic mass is 10.1. The predicted octanol–water partition coefficient (Wildman–Crippen LogP) is 3.60. The molecule has 0 bridgehead atoms. The van der Waals surface area contributed by atoms with Gasteiger partial charge in [0.2, 0.25) is 0 Å². The molecule has 0 saturated heterocycles. The van der Waals surface area contributed by atoms with Crippen LogP contribution in [-0.2, 0) is 0 Å². The molecule has 0 aliphatic heterocycles. The Kier molecular flexibility index (Phi) is 5.57. The van der Waals surface area contributed by atoms with E-state index in [9.17, 15) is 22.4 Å². The summed E-state index contributed by atoms with van der Waals surface area (Å²) in [7, 11) is 0. The van der Waals surface area contributed by atoms with E-state index in [4.69, 9.17) is 5.73 Å². The van der Waals surface area contributed by atoms with Gasteiger partial charge in [-0.3, -0.25) is 4.79 Å². The second kappa shape index (κ2) is 6.78. The molecule has 0 fully saturated rings. The molecule has 1 aromatic rings. The second-order valence-electron chi connectivity index (χ2n) is 4.72. The number of rotatable bonds is 5. The fourth-order valence-corrected chi connectivity index (χ4v) is 2.17. The van der Waals surface area contributed by atoms with Gasteiger partial charge in [0.25, 0.3) is 5.91 Å². The van der Waals surface area contributed by atoms with Gasteiger partial charge in [-0.25, -0.2) is 4.39 Å². The Morgan fingerprint density at radius 3 is 2.33 bits per heavy atom. The van der Waals surface area contributed by atoms with E-state index in [0.717, 1.165) is 6.07 Å². The van der Waals surface area contributed by atoms with E-state index in [1.165, 1.54) is 12.1 Å². The lowest BCUT2D eigenvalue weighted by molar-refractivity contribution is -0.144. The van der Waals surface area contributed by atoms with Gasteiger partial charge in [0.15, 0.2) is 0 Å². The van der Waals surface area contributed by atoms with Gasteiger partial charge in [-0.2, -0.15) is 13.2 Å². The molecule has 1 aromatic carbocycles. The quantitative estimate of drug-likeness (QED) is 0.667. The maximum atomic E-state index is 13.4. The number of alkyl halides is 3. The van der Waals surface area contributed by atoms with Crippen LogP contribution in [0.25, 0.3) is 0 Å². The normalized spacial score (nSPS) is 11.8. The molecule has 0 atom stereocenters. The number of halogens is 4. The Bertz CT molecular complexity index is 498. The number of anilines is 1. The standard InChI is InChI=1S/C14H18F4N2O/c1-3-9(4-2)20(8-14(16,17)18)13(21)10-6-5-7-11(15)12(10)19/h5-7,9H,3-4,8,19H2,1-2H3. The van der Waals surface area contributed by atoms with Crippen molar-refractivity contribution in [3.8, 4) is 0 Å². The minimum absolute atomic E-state index is 0.244. The lowest BCUT2D eigenvalue weighted by Gasteiger charge is -2.31. The van der Waals surface area contributed by atoms with Gasteiger partial charge in [0.1, 0.15) is 12.4 Å². The van der Waals surface area contributed by atoms with Gasteiger partial charge < -0.3 is 10.6 Å². The van der Waals surface area contributed by atoms with Crippen molar-refractivity contribution in [1.82, 2.24) is 4.90 Å². The summed E-state index contributed by atoms with van der Waals surface area (Å²) >= 11 is 0. The van der Waals surface area contributed by atoms with Crippen LogP contribution in [0, 0.1) is 5.82 Å². The third-order valence-electron chi connectivity index (χ3n) is 3.28. The van der Waals surface area contributed by atoms with Crippen molar-refractivity contribution in [3.63, 3.8) is 0 Å². The number of carbonyl (C=O) groups excluding carboxylic acids is 1. The van der Waals surface area contributed by atoms with E-state index in [0.29, 0.717) is 17.7 Å². The molecule has 0 unspecified atom stereocenters. The van der Waals surface area contributed by atoms with Gasteiger partial charge in [-0.1, -0.05) is 19.9 Å². The van der Waals surface area contributed by atoms with Crippen LogP contribution in [0.1, 0.15) is 37.0 Å². The molecule has 0 aliphatic rings. The number of nitrogens with zero attached hydrogens (tertiary/aromatic N) is 1. The fourth-order valence-electron chi connectivity index (χ4n) is 2.17. The molecule has 0 aliphatic carbocycles. The number of nitrogen functional groups attached to an aromatic ring is 1. The Morgan fingerprint density at radius 1 is 1.29 bits per heavy atom. The summed E-state index contributed by atoms with van der Waals surface area (Å²) in [5.74, 6) is -1.73. The molecule has 118 valence electrons. The largest absolute Gasteiger partial charge is 0.406 e. The molecular weight excluding hydrogens is 288 g/mol. The highest BCUT2D eigenvalue weighted by Crippen LogP contribution is 2.25. The van der Waals surface area contributed by atoms with Crippen molar-refractivity contribution in [2.45, 2.75) is 38.9 Å². The van der Waals surface area contributed by atoms with Gasteiger partial charge in [0, 0.05) is 6.04 Å². The number of hydrogen-bond donors (Lipinski definition) is 1. The molecule has 0 spiro atoms. The number of nitrogens with two attached hydrogens (primary N) is 1. The molecule has 0 saturated carbocycles. The zero-order valence-corrected chi connectivity index (χ0v) is 11.9. The average Bonchev–Trinajstić information content (AvgIpc) is 2.40. The van der Waals surface area contributed by atoms with Crippen LogP contribution in [0.15, 0.2) is 18.2 Å². The molecule has 1 amide bonds. The topological polar surface area (TPSA) is 46.3 Å². The average molecular weight is 306 g/mol. The van der Waals surface area contributed by atoms with Crippen LogP contribution < -0.4 is 5.73 Å². The number of amides is 1. The highest BCUT2D eigenvalue weighted by atomic mass is 19.4. The minimum Gasteiger partial charge on any atom is -0.396 e. The van der Waals surface area contributed by atoms with Crippen molar-refractivity contribution in [1.29, 1.82) is 0 Å². The predicted molar refractivity (Wildman–Crippen MR) is 72.3 cm³/mol. The zero-order chi connectivity index (χ0) is 16.2. The highest BCUT2D eigenvalue weighted by Gasteiger charge is 2.36. The summed E-state index contributed by atoms with van der Waals surface area (Å²) in [5, 5.41) is 0. The Hall–Kier alpha value is -1.79. The lowest BCUT2D eigenvalue weighted by Crippen LogP contribution is -2.45. The third-order valence-corrected chi connectivity index (χ3v) is 3.28. The summed E-state index contributed by atoms with van der Waals surface area (Å²) in [6.45, 7) is 2.01. The van der Waals surface area contributed by atoms with Gasteiger partial charge in [0.05, 0.1) is 11.3 Å². The first-order valence-electron chi connectivity index (χ1n) is 6.63. The maximum absolute atomic E-state index is 13.4. The number of benzene rings is 1. The van der Waals surface area contributed by atoms with Gasteiger partial charge in [-0.15, -0.1) is 0 Å². The Morgan fingerprint density at radius 2 is 1.86 bits per heavy atom. The van der Waals surface area contributed by atoms with E-state index in [1.54, 1.807) is 13.8 Å². The molecule has 0 radical (unpaired) electrons. The maximum Gasteiger partial charge on any atom is 0.406 e. The Labute approximate surface area is 120 Å². The van der Waals surface area contributed by atoms with E-state index >= 15 is 0 Å². The van der Waals surface area contributed by atoms with Gasteiger partial charge >= 0.3 is 6.18 Å². The van der Waals surface area contributed by atoms with Crippen LogP contribution in [0.2, 0.25) is 0 Å². The van der Waals surface area contributed by atoms with E-state index in [2.05, 4.69) is 0 Å².